The Morgan fingerprint density at radius 2 is 1.31 bits per heavy atom. The Hall–Kier alpha value is -0.346. The van der Waals surface area contributed by atoms with Gasteiger partial charge in [0.15, 0.2) is 0 Å². The maximum absolute atomic E-state index is 2.49. The second-order valence-electron chi connectivity index (χ2n) is 6.73. The highest BCUT2D eigenvalue weighted by Crippen LogP contribution is 2.09. The van der Waals surface area contributed by atoms with E-state index in [2.05, 4.69) is 64.4 Å². The summed E-state index contributed by atoms with van der Waals surface area (Å²) >= 11 is 0. The molecule has 1 aromatic carbocycles. The molecule has 0 saturated carbocycles. The molecule has 0 N–H and O–H groups in total. The molecule has 90 valence electrons. The molecule has 0 aromatic heterocycles. The van der Waals surface area contributed by atoms with Crippen LogP contribution in [-0.2, 0) is 6.42 Å². The van der Waals surface area contributed by atoms with Gasteiger partial charge in [-0.15, -0.1) is 0 Å². The molecule has 0 spiro atoms. The van der Waals surface area contributed by atoms with Crippen LogP contribution >= 0.6 is 0 Å². The summed E-state index contributed by atoms with van der Waals surface area (Å²) in [6.07, 6.45) is 1.16. The molecular weight excluding hydrogens is 224 g/mol. The van der Waals surface area contributed by atoms with Crippen molar-refractivity contribution in [2.24, 2.45) is 0 Å². The third kappa shape index (κ3) is 3.08. The minimum absolute atomic E-state index is 1.16. The number of aryl methyl sites for hydroxylation is 1. The highest BCUT2D eigenvalue weighted by molar-refractivity contribution is 6.98. The van der Waals surface area contributed by atoms with E-state index in [4.69, 9.17) is 0 Å². The topological polar surface area (TPSA) is 0 Å². The Morgan fingerprint density at radius 3 is 1.69 bits per heavy atom. The van der Waals surface area contributed by atoms with Crippen molar-refractivity contribution in [2.75, 3.05) is 0 Å². The molecule has 1 rings (SSSR count). The first kappa shape index (κ1) is 13.7. The van der Waals surface area contributed by atoms with Crippen LogP contribution in [0.1, 0.15) is 12.5 Å². The van der Waals surface area contributed by atoms with Crippen LogP contribution in [0.3, 0.4) is 0 Å². The van der Waals surface area contributed by atoms with Crippen LogP contribution < -0.4 is 10.4 Å². The number of hydrogen-bond donors (Lipinski definition) is 0. The van der Waals surface area contributed by atoms with Crippen molar-refractivity contribution in [1.82, 2.24) is 0 Å². The van der Waals surface area contributed by atoms with E-state index in [1.165, 1.54) is 5.56 Å². The predicted molar refractivity (Wildman–Crippen MR) is 81.8 cm³/mol. The molecule has 1 aromatic rings. The first-order chi connectivity index (χ1) is 7.16. The largest absolute Gasteiger partial charge is 0.0774 e. The minimum atomic E-state index is -1.20. The third-order valence-corrected chi connectivity index (χ3v) is 7.44. The molecule has 0 bridgehead atoms. The number of rotatable bonds is 3. The van der Waals surface area contributed by atoms with Crippen LogP contribution in [0.4, 0.5) is 0 Å². The average molecular weight is 251 g/mol. The highest BCUT2D eigenvalue weighted by atomic mass is 28.3. The number of benzene rings is 1. The molecule has 0 nitrogen and oxygen atoms in total. The molecule has 0 unspecified atom stereocenters. The summed E-state index contributed by atoms with van der Waals surface area (Å²) in [7, 11) is -2.39. The van der Waals surface area contributed by atoms with E-state index in [0.29, 0.717) is 0 Å². The standard InChI is InChI=1S/C14H26Si2/c1-8-12-9-10-13(15(2,3)4)14(11-12)16(5,6)7/h9-11H,8H2,1-7H3. The van der Waals surface area contributed by atoms with Crippen molar-refractivity contribution in [3.8, 4) is 0 Å². The van der Waals surface area contributed by atoms with Crippen LogP contribution in [0.5, 0.6) is 0 Å². The van der Waals surface area contributed by atoms with E-state index in [1.54, 1.807) is 10.4 Å². The van der Waals surface area contributed by atoms with Gasteiger partial charge in [0, 0.05) is 0 Å². The predicted octanol–water partition coefficient (Wildman–Crippen LogP) is 3.34. The van der Waals surface area contributed by atoms with Crippen LogP contribution in [-0.4, -0.2) is 16.1 Å². The third-order valence-electron chi connectivity index (χ3n) is 3.11. The molecule has 16 heavy (non-hydrogen) atoms. The van der Waals surface area contributed by atoms with Crippen molar-refractivity contribution in [3.63, 3.8) is 0 Å². The lowest BCUT2D eigenvalue weighted by Crippen LogP contribution is -2.56. The van der Waals surface area contributed by atoms with Gasteiger partial charge in [0.1, 0.15) is 0 Å². The van der Waals surface area contributed by atoms with Crippen LogP contribution in [0.15, 0.2) is 18.2 Å². The lowest BCUT2D eigenvalue weighted by Gasteiger charge is -2.28. The van der Waals surface area contributed by atoms with Gasteiger partial charge in [-0.05, 0) is 12.0 Å². The van der Waals surface area contributed by atoms with Crippen molar-refractivity contribution in [3.05, 3.63) is 23.8 Å². The maximum Gasteiger partial charge on any atom is 0.0774 e. The summed E-state index contributed by atoms with van der Waals surface area (Å²) in [5.74, 6) is 0. The Bertz CT molecular complexity index is 367. The molecule has 0 aliphatic carbocycles. The summed E-state index contributed by atoms with van der Waals surface area (Å²) in [5.41, 5.74) is 1.50. The van der Waals surface area contributed by atoms with Crippen molar-refractivity contribution in [2.45, 2.75) is 52.6 Å². The molecule has 0 atom stereocenters. The molecule has 2 heteroatoms. The summed E-state index contributed by atoms with van der Waals surface area (Å²) in [6, 6.07) is 7.23. The smallest absolute Gasteiger partial charge is 0.0656 e. The molecule has 0 aliphatic heterocycles. The Kier molecular flexibility index (Phi) is 3.85. The summed E-state index contributed by atoms with van der Waals surface area (Å²) in [4.78, 5) is 0. The summed E-state index contributed by atoms with van der Waals surface area (Å²) in [5, 5.41) is 3.38. The van der Waals surface area contributed by atoms with Crippen molar-refractivity contribution < 1.29 is 0 Å². The SMILES string of the molecule is CCc1ccc([Si](C)(C)C)c([Si](C)(C)C)c1. The molecule has 0 radical (unpaired) electrons. The van der Waals surface area contributed by atoms with E-state index in [0.717, 1.165) is 6.42 Å². The minimum Gasteiger partial charge on any atom is -0.0656 e. The molecule has 0 fully saturated rings. The Morgan fingerprint density at radius 1 is 0.812 bits per heavy atom. The van der Waals surface area contributed by atoms with E-state index >= 15 is 0 Å². The van der Waals surface area contributed by atoms with Gasteiger partial charge < -0.3 is 0 Å². The lowest BCUT2D eigenvalue weighted by molar-refractivity contribution is 1.14. The molecular formula is C14H26Si2. The quantitative estimate of drug-likeness (QED) is 0.722. The second kappa shape index (κ2) is 4.49. The van der Waals surface area contributed by atoms with Gasteiger partial charge >= 0.3 is 0 Å². The Balaban J connectivity index is 3.40. The van der Waals surface area contributed by atoms with Crippen molar-refractivity contribution >= 4 is 26.5 Å². The molecule has 0 amide bonds. The fourth-order valence-corrected chi connectivity index (χ4v) is 7.31. The van der Waals surface area contributed by atoms with E-state index in [1.807, 2.05) is 0 Å². The summed E-state index contributed by atoms with van der Waals surface area (Å²) in [6.45, 7) is 17.0. The van der Waals surface area contributed by atoms with Crippen LogP contribution in [0, 0.1) is 0 Å². The van der Waals surface area contributed by atoms with Crippen molar-refractivity contribution in [1.29, 1.82) is 0 Å². The van der Waals surface area contributed by atoms with Gasteiger partial charge in [0.05, 0.1) is 16.1 Å². The van der Waals surface area contributed by atoms with Crippen LogP contribution in [0.2, 0.25) is 39.3 Å². The fraction of sp³-hybridized carbons (Fsp3) is 0.571. The monoisotopic (exact) mass is 250 g/mol. The Labute approximate surface area is 103 Å². The zero-order chi connectivity index (χ0) is 12.6. The zero-order valence-electron chi connectivity index (χ0n) is 11.9. The van der Waals surface area contributed by atoms with Gasteiger partial charge in [-0.25, -0.2) is 0 Å². The van der Waals surface area contributed by atoms with E-state index < -0.39 is 16.1 Å². The average Bonchev–Trinajstić information content (AvgIpc) is 2.14. The van der Waals surface area contributed by atoms with Gasteiger partial charge in [-0.2, -0.15) is 0 Å². The van der Waals surface area contributed by atoms with Gasteiger partial charge in [0.25, 0.3) is 0 Å². The van der Waals surface area contributed by atoms with Gasteiger partial charge in [0.2, 0.25) is 0 Å². The van der Waals surface area contributed by atoms with Crippen LogP contribution in [0.25, 0.3) is 0 Å². The van der Waals surface area contributed by atoms with Gasteiger partial charge in [-0.3, -0.25) is 0 Å². The van der Waals surface area contributed by atoms with E-state index in [9.17, 15) is 0 Å². The zero-order valence-corrected chi connectivity index (χ0v) is 13.9. The second-order valence-corrected chi connectivity index (χ2v) is 16.8. The number of hydrogen-bond acceptors (Lipinski definition) is 0. The first-order valence-electron chi connectivity index (χ1n) is 6.30. The maximum atomic E-state index is 2.49. The highest BCUT2D eigenvalue weighted by Gasteiger charge is 2.27. The summed E-state index contributed by atoms with van der Waals surface area (Å²) < 4.78 is 0. The normalized spacial score (nSPS) is 12.9. The van der Waals surface area contributed by atoms with E-state index in [-0.39, 0.29) is 0 Å². The van der Waals surface area contributed by atoms with Gasteiger partial charge in [-0.1, -0.05) is 74.8 Å². The molecule has 0 saturated heterocycles. The first-order valence-corrected chi connectivity index (χ1v) is 13.3. The molecule has 0 aliphatic rings. The lowest BCUT2D eigenvalue weighted by atomic mass is 10.2. The molecule has 0 heterocycles. The fourth-order valence-electron chi connectivity index (χ4n) is 2.09.